The predicted molar refractivity (Wildman–Crippen MR) is 115 cm³/mol. The summed E-state index contributed by atoms with van der Waals surface area (Å²) in [5.74, 6) is 0.153. The highest BCUT2D eigenvalue weighted by molar-refractivity contribution is 5.81. The number of imidazole rings is 1. The van der Waals surface area contributed by atoms with Crippen molar-refractivity contribution in [3.8, 4) is 11.1 Å². The molecule has 4 heterocycles. The number of piperazine rings is 1. The number of nitrogens with zero attached hydrogens (tertiary/aromatic N) is 5. The van der Waals surface area contributed by atoms with E-state index in [0.717, 1.165) is 66.3 Å². The zero-order valence-electron chi connectivity index (χ0n) is 17.1. The van der Waals surface area contributed by atoms with Crippen LogP contribution in [0.1, 0.15) is 12.6 Å². The SMILES string of the molecule is CNc1nc2cc(-c3ccc4ncc(CN5CCN(C(C)=O)CC5)n4c3)ccc2o1. The standard InChI is InChI=1S/C22H24N6O2/c1-15(29)27-9-7-26(8-10-27)14-18-12-24-21-6-4-17(13-28(18)21)16-3-5-20-19(11-16)25-22(23-2)30-20/h3-6,11-13H,7-10,14H2,1-2H3,(H,23,25). The first-order valence-electron chi connectivity index (χ1n) is 10.1. The molecule has 1 aliphatic rings. The number of pyridine rings is 1. The summed E-state index contributed by atoms with van der Waals surface area (Å²) in [6.07, 6.45) is 4.07. The van der Waals surface area contributed by atoms with Gasteiger partial charge >= 0.3 is 0 Å². The molecule has 0 bridgehead atoms. The van der Waals surface area contributed by atoms with Crippen molar-refractivity contribution in [1.29, 1.82) is 0 Å². The Bertz CT molecular complexity index is 1220. The molecule has 5 rings (SSSR count). The van der Waals surface area contributed by atoms with Gasteiger partial charge in [0, 0.05) is 52.9 Å². The Morgan fingerprint density at radius 3 is 2.70 bits per heavy atom. The lowest BCUT2D eigenvalue weighted by Crippen LogP contribution is -2.47. The molecule has 8 heteroatoms. The zero-order chi connectivity index (χ0) is 20.7. The van der Waals surface area contributed by atoms with Crippen LogP contribution in [0.4, 0.5) is 6.01 Å². The number of anilines is 1. The number of hydrogen-bond acceptors (Lipinski definition) is 6. The molecule has 1 aliphatic heterocycles. The van der Waals surface area contributed by atoms with Crippen LogP contribution in [0.15, 0.2) is 47.1 Å². The lowest BCUT2D eigenvalue weighted by molar-refractivity contribution is -0.130. The summed E-state index contributed by atoms with van der Waals surface area (Å²) in [6.45, 7) is 5.77. The average molecular weight is 404 g/mol. The molecule has 1 amide bonds. The van der Waals surface area contributed by atoms with Crippen molar-refractivity contribution < 1.29 is 9.21 Å². The quantitative estimate of drug-likeness (QED) is 0.564. The second-order valence-electron chi connectivity index (χ2n) is 7.63. The maximum Gasteiger partial charge on any atom is 0.295 e. The first kappa shape index (κ1) is 18.6. The number of carbonyl (C=O) groups is 1. The van der Waals surface area contributed by atoms with E-state index >= 15 is 0 Å². The fourth-order valence-corrected chi connectivity index (χ4v) is 3.98. The van der Waals surface area contributed by atoms with E-state index in [4.69, 9.17) is 4.42 Å². The molecule has 1 fully saturated rings. The van der Waals surface area contributed by atoms with Crippen molar-refractivity contribution in [3.05, 3.63) is 48.4 Å². The van der Waals surface area contributed by atoms with Crippen molar-refractivity contribution >= 4 is 28.7 Å². The Labute approximate surface area is 174 Å². The van der Waals surface area contributed by atoms with E-state index in [0.29, 0.717) is 6.01 Å². The minimum Gasteiger partial charge on any atom is -0.424 e. The van der Waals surface area contributed by atoms with Gasteiger partial charge in [-0.05, 0) is 35.4 Å². The third kappa shape index (κ3) is 3.39. The van der Waals surface area contributed by atoms with Gasteiger partial charge in [-0.3, -0.25) is 9.69 Å². The van der Waals surface area contributed by atoms with Crippen molar-refractivity contribution in [2.45, 2.75) is 13.5 Å². The maximum atomic E-state index is 11.5. The van der Waals surface area contributed by atoms with Gasteiger partial charge in [-0.15, -0.1) is 0 Å². The fourth-order valence-electron chi connectivity index (χ4n) is 3.98. The van der Waals surface area contributed by atoms with Gasteiger partial charge in [-0.1, -0.05) is 6.07 Å². The third-order valence-electron chi connectivity index (χ3n) is 5.72. The van der Waals surface area contributed by atoms with E-state index in [-0.39, 0.29) is 5.91 Å². The maximum absolute atomic E-state index is 11.5. The molecular weight excluding hydrogens is 380 g/mol. The molecule has 0 radical (unpaired) electrons. The van der Waals surface area contributed by atoms with Crippen molar-refractivity contribution in [1.82, 2.24) is 24.2 Å². The summed E-state index contributed by atoms with van der Waals surface area (Å²) in [5, 5.41) is 2.93. The molecule has 0 atom stereocenters. The molecule has 1 N–H and O–H groups in total. The number of fused-ring (bicyclic) bond motifs is 2. The average Bonchev–Trinajstić information content (AvgIpc) is 3.37. The van der Waals surface area contributed by atoms with Gasteiger partial charge in [0.15, 0.2) is 5.58 Å². The van der Waals surface area contributed by atoms with Gasteiger partial charge in [0.2, 0.25) is 5.91 Å². The molecular formula is C22H24N6O2. The second kappa shape index (κ2) is 7.46. The van der Waals surface area contributed by atoms with Gasteiger partial charge in [-0.25, -0.2) is 4.98 Å². The van der Waals surface area contributed by atoms with E-state index in [9.17, 15) is 4.79 Å². The highest BCUT2D eigenvalue weighted by Gasteiger charge is 2.19. The first-order chi connectivity index (χ1) is 14.6. The first-order valence-corrected chi connectivity index (χ1v) is 10.1. The Morgan fingerprint density at radius 1 is 1.13 bits per heavy atom. The minimum atomic E-state index is 0.153. The van der Waals surface area contributed by atoms with Crippen LogP contribution >= 0.6 is 0 Å². The summed E-state index contributed by atoms with van der Waals surface area (Å²) in [7, 11) is 1.79. The van der Waals surface area contributed by atoms with Crippen LogP contribution < -0.4 is 5.32 Å². The fraction of sp³-hybridized carbons (Fsp3) is 0.318. The van der Waals surface area contributed by atoms with Crippen LogP contribution in [0.25, 0.3) is 27.9 Å². The minimum absolute atomic E-state index is 0.153. The summed E-state index contributed by atoms with van der Waals surface area (Å²) in [5.41, 5.74) is 5.83. The normalized spacial score (nSPS) is 15.2. The Balaban J connectivity index is 1.41. The predicted octanol–water partition coefficient (Wildman–Crippen LogP) is 2.85. The number of aromatic nitrogens is 3. The number of benzene rings is 1. The van der Waals surface area contributed by atoms with E-state index in [1.165, 1.54) is 0 Å². The Hall–Kier alpha value is -3.39. The van der Waals surface area contributed by atoms with Crippen LogP contribution in [-0.2, 0) is 11.3 Å². The van der Waals surface area contributed by atoms with Crippen molar-refractivity contribution in [2.24, 2.45) is 0 Å². The van der Waals surface area contributed by atoms with Gasteiger partial charge < -0.3 is 19.0 Å². The Morgan fingerprint density at radius 2 is 1.93 bits per heavy atom. The van der Waals surface area contributed by atoms with Crippen LogP contribution in [0, 0.1) is 0 Å². The smallest absolute Gasteiger partial charge is 0.295 e. The van der Waals surface area contributed by atoms with E-state index in [1.807, 2.05) is 35.4 Å². The third-order valence-corrected chi connectivity index (χ3v) is 5.72. The van der Waals surface area contributed by atoms with Crippen LogP contribution in [0.3, 0.4) is 0 Å². The van der Waals surface area contributed by atoms with Crippen LogP contribution in [0.5, 0.6) is 0 Å². The van der Waals surface area contributed by atoms with E-state index in [1.54, 1.807) is 14.0 Å². The number of oxazole rings is 1. The number of carbonyl (C=O) groups excluding carboxylic acids is 1. The second-order valence-corrected chi connectivity index (χ2v) is 7.63. The molecule has 0 aliphatic carbocycles. The lowest BCUT2D eigenvalue weighted by Gasteiger charge is -2.33. The molecule has 154 valence electrons. The van der Waals surface area contributed by atoms with Gasteiger partial charge in [0.25, 0.3) is 6.01 Å². The molecule has 1 aromatic carbocycles. The van der Waals surface area contributed by atoms with Gasteiger partial charge in [-0.2, -0.15) is 4.98 Å². The number of nitrogens with one attached hydrogen (secondary N) is 1. The molecule has 3 aromatic heterocycles. The molecule has 1 saturated heterocycles. The number of hydrogen-bond donors (Lipinski definition) is 1. The van der Waals surface area contributed by atoms with E-state index in [2.05, 4.69) is 36.8 Å². The Kier molecular flexibility index (Phi) is 4.63. The molecule has 4 aromatic rings. The van der Waals surface area contributed by atoms with Gasteiger partial charge in [0.05, 0.1) is 11.9 Å². The lowest BCUT2D eigenvalue weighted by atomic mass is 10.1. The largest absolute Gasteiger partial charge is 0.424 e. The molecule has 0 spiro atoms. The van der Waals surface area contributed by atoms with E-state index < -0.39 is 0 Å². The van der Waals surface area contributed by atoms with Crippen LogP contribution in [-0.4, -0.2) is 63.3 Å². The molecule has 8 nitrogen and oxygen atoms in total. The summed E-state index contributed by atoms with van der Waals surface area (Å²) >= 11 is 0. The molecule has 0 unspecified atom stereocenters. The number of amides is 1. The monoisotopic (exact) mass is 404 g/mol. The highest BCUT2D eigenvalue weighted by Crippen LogP contribution is 2.27. The summed E-state index contributed by atoms with van der Waals surface area (Å²) in [4.78, 5) is 24.8. The van der Waals surface area contributed by atoms with Gasteiger partial charge in [0.1, 0.15) is 11.2 Å². The zero-order valence-corrected chi connectivity index (χ0v) is 17.1. The number of rotatable bonds is 4. The highest BCUT2D eigenvalue weighted by atomic mass is 16.4. The van der Waals surface area contributed by atoms with Crippen LogP contribution in [0.2, 0.25) is 0 Å². The summed E-state index contributed by atoms with van der Waals surface area (Å²) < 4.78 is 7.78. The summed E-state index contributed by atoms with van der Waals surface area (Å²) in [6, 6.07) is 10.7. The van der Waals surface area contributed by atoms with Crippen molar-refractivity contribution in [3.63, 3.8) is 0 Å². The van der Waals surface area contributed by atoms with Crippen molar-refractivity contribution in [2.75, 3.05) is 38.5 Å². The topological polar surface area (TPSA) is 78.9 Å². The molecule has 30 heavy (non-hydrogen) atoms. The molecule has 0 saturated carbocycles.